The van der Waals surface area contributed by atoms with E-state index in [9.17, 15) is 4.79 Å². The molecule has 5 heteroatoms. The highest BCUT2D eigenvalue weighted by Crippen LogP contribution is 2.06. The van der Waals surface area contributed by atoms with Crippen molar-refractivity contribution < 1.29 is 4.79 Å². The first-order valence-corrected chi connectivity index (χ1v) is 7.96. The van der Waals surface area contributed by atoms with Gasteiger partial charge in [0.1, 0.15) is 0 Å². The lowest BCUT2D eigenvalue weighted by molar-refractivity contribution is 0.0963. The first-order chi connectivity index (χ1) is 10.6. The summed E-state index contributed by atoms with van der Waals surface area (Å²) >= 11 is 0. The molecule has 0 radical (unpaired) electrons. The number of amides is 1. The Bertz CT molecular complexity index is 499. The van der Waals surface area contributed by atoms with E-state index in [0.29, 0.717) is 18.2 Å². The van der Waals surface area contributed by atoms with Gasteiger partial charge in [0, 0.05) is 31.7 Å². The van der Waals surface area contributed by atoms with Crippen LogP contribution in [0.5, 0.6) is 0 Å². The minimum Gasteiger partial charge on any atom is -0.357 e. The maximum absolute atomic E-state index is 11.6. The molecule has 0 aliphatic rings. The SMILES string of the molecule is CCNC(=NCCc1cccc(C(=O)NC)c1)NC(C)CC. The van der Waals surface area contributed by atoms with Gasteiger partial charge in [0.2, 0.25) is 0 Å². The van der Waals surface area contributed by atoms with Gasteiger partial charge in [0.05, 0.1) is 0 Å². The van der Waals surface area contributed by atoms with Crippen LogP contribution in [0.2, 0.25) is 0 Å². The highest BCUT2D eigenvalue weighted by atomic mass is 16.1. The van der Waals surface area contributed by atoms with Gasteiger partial charge in [-0.3, -0.25) is 9.79 Å². The lowest BCUT2D eigenvalue weighted by atomic mass is 10.1. The molecule has 0 saturated heterocycles. The van der Waals surface area contributed by atoms with Crippen LogP contribution in [-0.4, -0.2) is 38.0 Å². The van der Waals surface area contributed by atoms with Gasteiger partial charge in [-0.15, -0.1) is 0 Å². The van der Waals surface area contributed by atoms with Gasteiger partial charge in [-0.25, -0.2) is 0 Å². The van der Waals surface area contributed by atoms with Crippen LogP contribution in [0.4, 0.5) is 0 Å². The Kier molecular flexibility index (Phi) is 8.04. The second-order valence-corrected chi connectivity index (χ2v) is 5.24. The molecule has 1 atom stereocenters. The molecular weight excluding hydrogens is 276 g/mol. The Morgan fingerprint density at radius 1 is 1.32 bits per heavy atom. The molecule has 3 N–H and O–H groups in total. The number of guanidine groups is 1. The van der Waals surface area contributed by atoms with Crippen molar-refractivity contribution in [2.24, 2.45) is 4.99 Å². The fourth-order valence-corrected chi connectivity index (χ4v) is 1.96. The van der Waals surface area contributed by atoms with Crippen LogP contribution in [0.15, 0.2) is 29.3 Å². The molecular formula is C17H28N4O. The number of benzene rings is 1. The molecule has 0 aromatic heterocycles. The lowest BCUT2D eigenvalue weighted by Crippen LogP contribution is -2.42. The Hall–Kier alpha value is -2.04. The van der Waals surface area contributed by atoms with Crippen LogP contribution in [-0.2, 0) is 6.42 Å². The molecule has 1 rings (SSSR count). The van der Waals surface area contributed by atoms with E-state index in [1.807, 2.05) is 24.3 Å². The van der Waals surface area contributed by atoms with Crippen molar-refractivity contribution in [1.82, 2.24) is 16.0 Å². The summed E-state index contributed by atoms with van der Waals surface area (Å²) in [5.74, 6) is 0.788. The topological polar surface area (TPSA) is 65.5 Å². The van der Waals surface area contributed by atoms with Gasteiger partial charge < -0.3 is 16.0 Å². The second-order valence-electron chi connectivity index (χ2n) is 5.24. The summed E-state index contributed by atoms with van der Waals surface area (Å²) in [6, 6.07) is 8.07. The zero-order chi connectivity index (χ0) is 16.4. The van der Waals surface area contributed by atoms with Crippen LogP contribution in [0.25, 0.3) is 0 Å². The summed E-state index contributed by atoms with van der Waals surface area (Å²) in [7, 11) is 1.64. The molecule has 122 valence electrons. The van der Waals surface area contributed by atoms with E-state index in [0.717, 1.165) is 30.9 Å². The van der Waals surface area contributed by atoms with Crippen molar-refractivity contribution in [3.63, 3.8) is 0 Å². The summed E-state index contributed by atoms with van der Waals surface area (Å²) in [6.07, 6.45) is 1.86. The number of carbonyl (C=O) groups is 1. The number of hydrogen-bond acceptors (Lipinski definition) is 2. The van der Waals surface area contributed by atoms with E-state index < -0.39 is 0 Å². The zero-order valence-electron chi connectivity index (χ0n) is 14.1. The predicted molar refractivity (Wildman–Crippen MR) is 92.4 cm³/mol. The fraction of sp³-hybridized carbons (Fsp3) is 0.529. The van der Waals surface area contributed by atoms with Gasteiger partial charge >= 0.3 is 0 Å². The molecule has 0 fully saturated rings. The van der Waals surface area contributed by atoms with Crippen LogP contribution in [0.3, 0.4) is 0 Å². The quantitative estimate of drug-likeness (QED) is 0.533. The van der Waals surface area contributed by atoms with Gasteiger partial charge in [-0.05, 0) is 44.4 Å². The molecule has 0 aliphatic carbocycles. The second kappa shape index (κ2) is 9.82. The first-order valence-electron chi connectivity index (χ1n) is 7.96. The summed E-state index contributed by atoms with van der Waals surface area (Å²) in [4.78, 5) is 16.2. The maximum Gasteiger partial charge on any atom is 0.251 e. The van der Waals surface area contributed by atoms with E-state index >= 15 is 0 Å². The number of hydrogen-bond donors (Lipinski definition) is 3. The molecule has 5 nitrogen and oxygen atoms in total. The van der Waals surface area contributed by atoms with Crippen LogP contribution < -0.4 is 16.0 Å². The molecule has 1 aromatic carbocycles. The third kappa shape index (κ3) is 6.16. The largest absolute Gasteiger partial charge is 0.357 e. The average molecular weight is 304 g/mol. The van der Waals surface area contributed by atoms with Crippen molar-refractivity contribution in [1.29, 1.82) is 0 Å². The number of rotatable bonds is 7. The van der Waals surface area contributed by atoms with Crippen LogP contribution in [0, 0.1) is 0 Å². The van der Waals surface area contributed by atoms with Gasteiger partial charge in [-0.2, -0.15) is 0 Å². The highest BCUT2D eigenvalue weighted by Gasteiger charge is 2.04. The molecule has 0 heterocycles. The van der Waals surface area contributed by atoms with Crippen molar-refractivity contribution in [3.8, 4) is 0 Å². The molecule has 1 amide bonds. The smallest absolute Gasteiger partial charge is 0.251 e. The van der Waals surface area contributed by atoms with E-state index in [1.165, 1.54) is 0 Å². The van der Waals surface area contributed by atoms with Gasteiger partial charge in [0.25, 0.3) is 5.91 Å². The number of nitrogens with one attached hydrogen (secondary N) is 3. The average Bonchev–Trinajstić information content (AvgIpc) is 2.54. The standard InChI is InChI=1S/C17H28N4O/c1-5-13(3)21-17(19-6-2)20-11-10-14-8-7-9-15(12-14)16(22)18-4/h7-9,12-13H,5-6,10-11H2,1-4H3,(H,18,22)(H2,19,20,21). The Balaban J connectivity index is 2.63. The Morgan fingerprint density at radius 3 is 2.73 bits per heavy atom. The third-order valence-electron chi connectivity index (χ3n) is 3.43. The van der Waals surface area contributed by atoms with Crippen molar-refractivity contribution in [2.75, 3.05) is 20.1 Å². The summed E-state index contributed by atoms with van der Waals surface area (Å²) in [5.41, 5.74) is 1.80. The molecule has 0 spiro atoms. The van der Waals surface area contributed by atoms with Crippen LogP contribution >= 0.6 is 0 Å². The van der Waals surface area contributed by atoms with Crippen molar-refractivity contribution >= 4 is 11.9 Å². The first kappa shape index (κ1) is 18.0. The third-order valence-corrected chi connectivity index (χ3v) is 3.43. The zero-order valence-corrected chi connectivity index (χ0v) is 14.1. The predicted octanol–water partition coefficient (Wildman–Crippen LogP) is 1.94. The molecule has 0 aliphatic heterocycles. The van der Waals surface area contributed by atoms with E-state index in [1.54, 1.807) is 7.05 Å². The minimum atomic E-state index is -0.0582. The lowest BCUT2D eigenvalue weighted by Gasteiger charge is -2.16. The molecule has 1 unspecified atom stereocenters. The van der Waals surface area contributed by atoms with Gasteiger partial charge in [0.15, 0.2) is 5.96 Å². The molecule has 22 heavy (non-hydrogen) atoms. The molecule has 0 bridgehead atoms. The van der Waals surface area contributed by atoms with E-state index in [-0.39, 0.29) is 5.91 Å². The molecule has 0 saturated carbocycles. The highest BCUT2D eigenvalue weighted by molar-refractivity contribution is 5.94. The fourth-order valence-electron chi connectivity index (χ4n) is 1.96. The van der Waals surface area contributed by atoms with Crippen molar-refractivity contribution in [2.45, 2.75) is 39.7 Å². The van der Waals surface area contributed by atoms with Crippen LogP contribution in [0.1, 0.15) is 43.1 Å². The number of aliphatic imine (C=N–C) groups is 1. The normalized spacial score (nSPS) is 12.6. The van der Waals surface area contributed by atoms with E-state index in [4.69, 9.17) is 0 Å². The number of nitrogens with zero attached hydrogens (tertiary/aromatic N) is 1. The summed E-state index contributed by atoms with van der Waals surface area (Å²) in [5, 5.41) is 9.26. The summed E-state index contributed by atoms with van der Waals surface area (Å²) in [6.45, 7) is 7.86. The number of carbonyl (C=O) groups excluding carboxylic acids is 1. The van der Waals surface area contributed by atoms with Gasteiger partial charge in [-0.1, -0.05) is 19.1 Å². The maximum atomic E-state index is 11.6. The summed E-state index contributed by atoms with van der Waals surface area (Å²) < 4.78 is 0. The van der Waals surface area contributed by atoms with E-state index in [2.05, 4.69) is 41.7 Å². The molecule has 1 aromatic rings. The Morgan fingerprint density at radius 2 is 2.09 bits per heavy atom. The van der Waals surface area contributed by atoms with Crippen molar-refractivity contribution in [3.05, 3.63) is 35.4 Å². The Labute approximate surface area is 133 Å². The minimum absolute atomic E-state index is 0.0582. The monoisotopic (exact) mass is 304 g/mol.